The van der Waals surface area contributed by atoms with Gasteiger partial charge >= 0.3 is 36.9 Å². The molecule has 0 spiro atoms. The number of hydrogen-bond donors (Lipinski definition) is 0. The van der Waals surface area contributed by atoms with Crippen LogP contribution in [0.5, 0.6) is 17.2 Å². The zero-order chi connectivity index (χ0) is 26.0. The molecule has 1 aliphatic rings. The molecular weight excluding hydrogens is 538 g/mol. The number of alkyl halides is 6. The lowest BCUT2D eigenvalue weighted by atomic mass is 9.96. The zero-order valence-electron chi connectivity index (χ0n) is 16.4. The fourth-order valence-corrected chi connectivity index (χ4v) is 4.00. The van der Waals surface area contributed by atoms with Gasteiger partial charge in [0.1, 0.15) is 29.4 Å². The van der Waals surface area contributed by atoms with Crippen LogP contribution in [-0.2, 0) is 26.8 Å². The Hall–Kier alpha value is -3.47. The van der Waals surface area contributed by atoms with E-state index in [0.717, 1.165) is 36.4 Å². The van der Waals surface area contributed by atoms with Crippen LogP contribution in [0.2, 0.25) is 0 Å². The summed E-state index contributed by atoms with van der Waals surface area (Å²) in [6, 6.07) is 5.42. The first-order chi connectivity index (χ1) is 16.0. The minimum atomic E-state index is -5.98. The van der Waals surface area contributed by atoms with Gasteiger partial charge in [-0.3, -0.25) is 0 Å². The maximum Gasteiger partial charge on any atom is 0.534 e. The maximum absolute atomic E-state index is 12.6. The standard InChI is InChI=1S/C18H8F6O9S2/c19-17(20,21)34(26,27)32-8-2-4-11-13(5-8)30-7-12-10-3-1-9(33-35(28,29)18(22,23)24)6-14(10)31-16(25)15(11)12/h1-6H,7H2. The Labute approximate surface area is 190 Å². The van der Waals surface area contributed by atoms with Gasteiger partial charge in [-0.15, -0.1) is 0 Å². The summed E-state index contributed by atoms with van der Waals surface area (Å²) in [7, 11) is -11.9. The molecule has 1 aromatic heterocycles. The summed E-state index contributed by atoms with van der Waals surface area (Å²) in [4.78, 5) is 12.6. The van der Waals surface area contributed by atoms with Crippen LogP contribution in [0, 0.1) is 0 Å². The number of fused-ring (bicyclic) bond motifs is 5. The van der Waals surface area contributed by atoms with E-state index < -0.39 is 48.4 Å². The second-order valence-corrected chi connectivity index (χ2v) is 9.89. The highest BCUT2D eigenvalue weighted by atomic mass is 32.2. The summed E-state index contributed by atoms with van der Waals surface area (Å²) >= 11 is 0. The van der Waals surface area contributed by atoms with Crippen LogP contribution in [0.3, 0.4) is 0 Å². The molecule has 35 heavy (non-hydrogen) atoms. The zero-order valence-corrected chi connectivity index (χ0v) is 18.1. The highest BCUT2D eigenvalue weighted by Gasteiger charge is 2.49. The van der Waals surface area contributed by atoms with E-state index in [1.165, 1.54) is 0 Å². The molecule has 0 unspecified atom stereocenters. The van der Waals surface area contributed by atoms with Gasteiger partial charge in [0, 0.05) is 28.6 Å². The molecule has 0 atom stereocenters. The first kappa shape index (κ1) is 24.6. The van der Waals surface area contributed by atoms with Gasteiger partial charge in [0.2, 0.25) is 0 Å². The first-order valence-corrected chi connectivity index (χ1v) is 11.7. The van der Waals surface area contributed by atoms with Gasteiger partial charge in [0.15, 0.2) is 0 Å². The van der Waals surface area contributed by atoms with E-state index in [1.807, 2.05) is 0 Å². The van der Waals surface area contributed by atoms with Gasteiger partial charge in [-0.1, -0.05) is 0 Å². The van der Waals surface area contributed by atoms with Gasteiger partial charge < -0.3 is 17.5 Å². The molecular formula is C18H8F6O9S2. The second-order valence-electron chi connectivity index (χ2n) is 6.81. The molecule has 0 saturated heterocycles. The van der Waals surface area contributed by atoms with Crippen LogP contribution in [-0.4, -0.2) is 27.9 Å². The summed E-state index contributed by atoms with van der Waals surface area (Å²) in [5.74, 6) is -1.75. The Bertz CT molecular complexity index is 1620. The van der Waals surface area contributed by atoms with Crippen molar-refractivity contribution in [2.45, 2.75) is 17.6 Å². The molecule has 17 heteroatoms. The van der Waals surface area contributed by atoms with Crippen LogP contribution in [0.1, 0.15) is 5.56 Å². The largest absolute Gasteiger partial charge is 0.534 e. The number of ether oxygens (including phenoxy) is 1. The number of hydrogen-bond acceptors (Lipinski definition) is 9. The van der Waals surface area contributed by atoms with Crippen molar-refractivity contribution in [3.63, 3.8) is 0 Å². The molecule has 3 aromatic rings. The lowest BCUT2D eigenvalue weighted by molar-refractivity contribution is -0.0504. The van der Waals surface area contributed by atoms with Crippen molar-refractivity contribution in [2.24, 2.45) is 0 Å². The van der Waals surface area contributed by atoms with E-state index in [9.17, 15) is 48.0 Å². The fraction of sp³-hybridized carbons (Fsp3) is 0.167. The minimum absolute atomic E-state index is 0.00127. The average Bonchev–Trinajstić information content (AvgIpc) is 2.70. The van der Waals surface area contributed by atoms with E-state index in [0.29, 0.717) is 0 Å². The van der Waals surface area contributed by atoms with Crippen molar-refractivity contribution in [1.29, 1.82) is 0 Å². The monoisotopic (exact) mass is 546 g/mol. The number of halogens is 6. The van der Waals surface area contributed by atoms with Gasteiger partial charge in [0.25, 0.3) is 0 Å². The Kier molecular flexibility index (Phi) is 5.47. The summed E-state index contributed by atoms with van der Waals surface area (Å²) < 4.78 is 138. The van der Waals surface area contributed by atoms with Gasteiger partial charge in [-0.05, 0) is 24.3 Å². The van der Waals surface area contributed by atoms with Crippen molar-refractivity contribution in [3.8, 4) is 28.4 Å². The van der Waals surface area contributed by atoms with Crippen molar-refractivity contribution < 1.29 is 60.7 Å². The lowest BCUT2D eigenvalue weighted by Gasteiger charge is -2.21. The lowest BCUT2D eigenvalue weighted by Crippen LogP contribution is -2.28. The van der Waals surface area contributed by atoms with Crippen molar-refractivity contribution >= 4 is 31.2 Å². The highest BCUT2D eigenvalue weighted by Crippen LogP contribution is 2.41. The molecule has 2 aromatic carbocycles. The Morgan fingerprint density at radius 1 is 0.800 bits per heavy atom. The Morgan fingerprint density at radius 3 is 1.91 bits per heavy atom. The topological polar surface area (TPSA) is 126 Å². The Morgan fingerprint density at radius 2 is 1.34 bits per heavy atom. The third-order valence-corrected chi connectivity index (χ3v) is 6.52. The summed E-state index contributed by atoms with van der Waals surface area (Å²) in [6.07, 6.45) is 0. The van der Waals surface area contributed by atoms with Crippen LogP contribution < -0.4 is 18.7 Å². The molecule has 1 aliphatic heterocycles. The fourth-order valence-electron chi connectivity index (χ4n) is 3.10. The summed E-state index contributed by atoms with van der Waals surface area (Å²) in [6.45, 7) is -0.388. The summed E-state index contributed by atoms with van der Waals surface area (Å²) in [5.41, 5.74) is -12.7. The normalized spacial score (nSPS) is 14.1. The minimum Gasteiger partial charge on any atom is -0.488 e. The molecule has 2 heterocycles. The molecule has 0 N–H and O–H groups in total. The van der Waals surface area contributed by atoms with E-state index in [4.69, 9.17) is 9.15 Å². The van der Waals surface area contributed by atoms with Crippen molar-refractivity contribution in [1.82, 2.24) is 0 Å². The summed E-state index contributed by atoms with van der Waals surface area (Å²) in [5, 5.41) is 0.127. The van der Waals surface area contributed by atoms with Crippen LogP contribution in [0.15, 0.2) is 45.6 Å². The molecule has 4 rings (SSSR count). The van der Waals surface area contributed by atoms with Crippen molar-refractivity contribution in [2.75, 3.05) is 0 Å². The molecule has 0 bridgehead atoms. The highest BCUT2D eigenvalue weighted by molar-refractivity contribution is 7.88. The Balaban J connectivity index is 1.75. The predicted octanol–water partition coefficient (Wildman–Crippen LogP) is 3.81. The van der Waals surface area contributed by atoms with Gasteiger partial charge in [-0.25, -0.2) is 4.79 Å². The maximum atomic E-state index is 12.6. The quantitative estimate of drug-likeness (QED) is 0.208. The van der Waals surface area contributed by atoms with E-state index in [1.54, 1.807) is 0 Å². The number of rotatable bonds is 4. The molecule has 0 radical (unpaired) electrons. The van der Waals surface area contributed by atoms with E-state index in [2.05, 4.69) is 8.37 Å². The third-order valence-electron chi connectivity index (χ3n) is 4.56. The van der Waals surface area contributed by atoms with Gasteiger partial charge in [0.05, 0.1) is 5.56 Å². The smallest absolute Gasteiger partial charge is 0.488 e. The second kappa shape index (κ2) is 7.77. The molecule has 0 saturated carbocycles. The molecule has 9 nitrogen and oxygen atoms in total. The van der Waals surface area contributed by atoms with Crippen LogP contribution >= 0.6 is 0 Å². The van der Waals surface area contributed by atoms with E-state index >= 15 is 0 Å². The van der Waals surface area contributed by atoms with Crippen LogP contribution in [0.4, 0.5) is 26.3 Å². The van der Waals surface area contributed by atoms with Gasteiger partial charge in [-0.2, -0.15) is 43.2 Å². The molecule has 0 aliphatic carbocycles. The van der Waals surface area contributed by atoms with E-state index in [-0.39, 0.29) is 40.0 Å². The molecule has 0 amide bonds. The molecule has 188 valence electrons. The average molecular weight is 546 g/mol. The van der Waals surface area contributed by atoms with Crippen LogP contribution in [0.25, 0.3) is 22.1 Å². The number of benzene rings is 2. The third kappa shape index (κ3) is 4.36. The first-order valence-electron chi connectivity index (χ1n) is 8.89. The SMILES string of the molecule is O=c1oc2cc(OS(=O)(=O)C(F)(F)F)ccc2c2c1-c1ccc(OS(=O)(=O)C(F)(F)F)cc1OC2. The predicted molar refractivity (Wildman–Crippen MR) is 103 cm³/mol. The molecule has 0 fully saturated rings. The van der Waals surface area contributed by atoms with Crippen molar-refractivity contribution in [3.05, 3.63) is 52.4 Å².